The van der Waals surface area contributed by atoms with Crippen LogP contribution in [0.3, 0.4) is 0 Å². The molecule has 2 aromatic rings. The molecule has 0 spiro atoms. The zero-order valence-electron chi connectivity index (χ0n) is 22.8. The van der Waals surface area contributed by atoms with Crippen molar-refractivity contribution in [2.45, 2.75) is 50.8 Å². The maximum Gasteiger partial charge on any atom is 0.408 e. The summed E-state index contributed by atoms with van der Waals surface area (Å²) < 4.78 is 16.4. The summed E-state index contributed by atoms with van der Waals surface area (Å²) in [7, 11) is 0. The number of fused-ring (bicyclic) bond motifs is 1. The Bertz CT molecular complexity index is 1280. The Kier molecular flexibility index (Phi) is 8.99. The average molecular weight is 565 g/mol. The molecule has 2 atom stereocenters. The molecule has 0 bridgehead atoms. The van der Waals surface area contributed by atoms with Crippen LogP contribution < -0.4 is 5.32 Å². The molecule has 2 heterocycles. The lowest BCUT2D eigenvalue weighted by atomic mass is 10.0. The number of hydrogen-bond donors (Lipinski definition) is 1. The number of hydrogen-bond acceptors (Lipinski definition) is 8. The third-order valence-corrected chi connectivity index (χ3v) is 7.30. The van der Waals surface area contributed by atoms with Gasteiger partial charge in [-0.3, -0.25) is 14.5 Å². The number of β-lactam (4-membered cyclic amide) rings is 1. The molecule has 2 amide bonds. The molecule has 4 rings (SSSR count). The topological polar surface area (TPSA) is 111 Å². The number of allylic oxidation sites excluding steroid dienone is 1. The number of ether oxygens (including phenoxy) is 3. The van der Waals surface area contributed by atoms with Gasteiger partial charge in [0.05, 0.1) is 0 Å². The molecule has 0 aromatic heterocycles. The third-order valence-electron chi connectivity index (χ3n) is 5.99. The van der Waals surface area contributed by atoms with Crippen LogP contribution in [-0.2, 0) is 28.6 Å². The van der Waals surface area contributed by atoms with Crippen molar-refractivity contribution in [2.75, 3.05) is 12.4 Å². The van der Waals surface area contributed by atoms with Gasteiger partial charge in [0.1, 0.15) is 29.3 Å². The van der Waals surface area contributed by atoms with Crippen molar-refractivity contribution < 1.29 is 33.4 Å². The summed E-state index contributed by atoms with van der Waals surface area (Å²) in [5.74, 6) is -1.20. The van der Waals surface area contributed by atoms with E-state index in [1.807, 2.05) is 60.7 Å². The molecule has 1 fully saturated rings. The summed E-state index contributed by atoms with van der Waals surface area (Å²) >= 11 is 1.40. The van der Waals surface area contributed by atoms with Crippen LogP contribution in [0, 0.1) is 0 Å². The van der Waals surface area contributed by atoms with E-state index < -0.39 is 47.1 Å². The lowest BCUT2D eigenvalue weighted by Gasteiger charge is -2.49. The van der Waals surface area contributed by atoms with E-state index in [-0.39, 0.29) is 12.3 Å². The number of amides is 2. The molecule has 9 nitrogen and oxygen atoms in total. The Morgan fingerprint density at radius 2 is 1.65 bits per heavy atom. The van der Waals surface area contributed by atoms with E-state index in [4.69, 9.17) is 14.2 Å². The Morgan fingerprint density at radius 1 is 1.05 bits per heavy atom. The van der Waals surface area contributed by atoms with Crippen LogP contribution in [0.5, 0.6) is 0 Å². The fourth-order valence-corrected chi connectivity index (χ4v) is 5.62. The van der Waals surface area contributed by atoms with E-state index >= 15 is 0 Å². The van der Waals surface area contributed by atoms with Crippen LogP contribution in [-0.4, -0.2) is 58.2 Å². The number of thioether (sulfide) groups is 1. The van der Waals surface area contributed by atoms with Crippen molar-refractivity contribution in [2.24, 2.45) is 0 Å². The van der Waals surface area contributed by atoms with Gasteiger partial charge >= 0.3 is 18.0 Å². The molecule has 1 saturated heterocycles. The minimum atomic E-state index is -0.853. The van der Waals surface area contributed by atoms with Gasteiger partial charge < -0.3 is 19.5 Å². The Morgan fingerprint density at radius 3 is 2.20 bits per heavy atom. The van der Waals surface area contributed by atoms with Crippen LogP contribution in [0.15, 0.2) is 84.1 Å². The van der Waals surface area contributed by atoms with Gasteiger partial charge in [0.2, 0.25) is 0 Å². The lowest BCUT2D eigenvalue weighted by molar-refractivity contribution is -0.153. The molecule has 2 aliphatic rings. The summed E-state index contributed by atoms with van der Waals surface area (Å²) in [6, 6.07) is 17.8. The van der Waals surface area contributed by atoms with Crippen LogP contribution >= 0.6 is 11.8 Å². The van der Waals surface area contributed by atoms with E-state index in [1.165, 1.54) is 23.6 Å². The van der Waals surface area contributed by atoms with Gasteiger partial charge in [0.25, 0.3) is 5.91 Å². The normalized spacial score (nSPS) is 18.7. The first kappa shape index (κ1) is 28.9. The predicted octanol–water partition coefficient (Wildman–Crippen LogP) is 4.50. The van der Waals surface area contributed by atoms with Crippen molar-refractivity contribution >= 4 is 35.7 Å². The predicted molar refractivity (Wildman–Crippen MR) is 150 cm³/mol. The van der Waals surface area contributed by atoms with Gasteiger partial charge in [-0.05, 0) is 43.5 Å². The Hall–Kier alpha value is -4.05. The van der Waals surface area contributed by atoms with Gasteiger partial charge in [-0.15, -0.1) is 11.8 Å². The first-order valence-electron chi connectivity index (χ1n) is 12.8. The molecular weight excluding hydrogens is 532 g/mol. The highest BCUT2D eigenvalue weighted by Gasteiger charge is 2.54. The van der Waals surface area contributed by atoms with Crippen molar-refractivity contribution in [3.8, 4) is 0 Å². The molecule has 2 aromatic carbocycles. The number of benzene rings is 2. The molecule has 0 aliphatic carbocycles. The third kappa shape index (κ3) is 6.93. The highest BCUT2D eigenvalue weighted by Crippen LogP contribution is 2.42. The molecule has 1 N–H and O–H groups in total. The minimum absolute atomic E-state index is 0.0166. The van der Waals surface area contributed by atoms with Crippen molar-refractivity contribution in [3.05, 3.63) is 95.2 Å². The van der Waals surface area contributed by atoms with Crippen molar-refractivity contribution in [3.63, 3.8) is 0 Å². The lowest BCUT2D eigenvalue weighted by Crippen LogP contribution is -2.70. The molecule has 210 valence electrons. The van der Waals surface area contributed by atoms with Gasteiger partial charge in [0, 0.05) is 12.7 Å². The molecule has 0 radical (unpaired) electrons. The molecular formula is C30H32N2O7S. The Labute approximate surface area is 237 Å². The SMILES string of the molecule is CC(=O)OC/C=C\C1=C(C(=O)OC(c2ccccc2)c2ccccc2)N2C(=O)[C@@H](NC(=O)OC(C)(C)C)[C@H]2SC1. The van der Waals surface area contributed by atoms with Crippen molar-refractivity contribution in [1.29, 1.82) is 0 Å². The van der Waals surface area contributed by atoms with Gasteiger partial charge in [-0.1, -0.05) is 66.7 Å². The van der Waals surface area contributed by atoms with E-state index in [9.17, 15) is 19.2 Å². The molecule has 10 heteroatoms. The highest BCUT2D eigenvalue weighted by molar-refractivity contribution is 8.00. The fraction of sp³-hybridized carbons (Fsp3) is 0.333. The molecule has 0 saturated carbocycles. The average Bonchev–Trinajstić information content (AvgIpc) is 2.92. The summed E-state index contributed by atoms with van der Waals surface area (Å²) in [4.78, 5) is 52.1. The molecule has 2 aliphatic heterocycles. The first-order valence-corrected chi connectivity index (χ1v) is 13.9. The van der Waals surface area contributed by atoms with Crippen LogP contribution in [0.25, 0.3) is 0 Å². The zero-order valence-corrected chi connectivity index (χ0v) is 23.6. The summed E-state index contributed by atoms with van der Waals surface area (Å²) in [5.41, 5.74) is 1.45. The van der Waals surface area contributed by atoms with E-state index in [2.05, 4.69) is 5.32 Å². The number of nitrogens with zero attached hydrogens (tertiary/aromatic N) is 1. The van der Waals surface area contributed by atoms with E-state index in [0.717, 1.165) is 11.1 Å². The number of esters is 2. The number of carbonyl (C=O) groups excluding carboxylic acids is 4. The second-order valence-electron chi connectivity index (χ2n) is 10.2. The summed E-state index contributed by atoms with van der Waals surface area (Å²) in [5, 5.41) is 2.12. The monoisotopic (exact) mass is 564 g/mol. The number of rotatable bonds is 8. The maximum absolute atomic E-state index is 13.8. The fourth-order valence-electron chi connectivity index (χ4n) is 4.30. The Balaban J connectivity index is 1.63. The highest BCUT2D eigenvalue weighted by atomic mass is 32.2. The number of alkyl carbamates (subject to hydrolysis) is 1. The molecule has 0 unspecified atom stereocenters. The van der Waals surface area contributed by atoms with E-state index in [0.29, 0.717) is 11.3 Å². The summed E-state index contributed by atoms with van der Waals surface area (Å²) in [6.45, 7) is 6.53. The minimum Gasteiger partial charge on any atom is -0.462 e. The number of carbonyl (C=O) groups is 4. The number of nitrogens with one attached hydrogen (secondary N) is 1. The second kappa shape index (κ2) is 12.4. The van der Waals surface area contributed by atoms with Gasteiger partial charge in [-0.2, -0.15) is 0 Å². The van der Waals surface area contributed by atoms with Crippen LogP contribution in [0.2, 0.25) is 0 Å². The van der Waals surface area contributed by atoms with Crippen LogP contribution in [0.4, 0.5) is 4.79 Å². The van der Waals surface area contributed by atoms with Crippen LogP contribution in [0.1, 0.15) is 44.9 Å². The maximum atomic E-state index is 13.8. The summed E-state index contributed by atoms with van der Waals surface area (Å²) in [6.07, 6.45) is 1.84. The quantitative estimate of drug-likeness (QED) is 0.284. The van der Waals surface area contributed by atoms with Gasteiger partial charge in [-0.25, -0.2) is 9.59 Å². The van der Waals surface area contributed by atoms with E-state index in [1.54, 1.807) is 32.9 Å². The van der Waals surface area contributed by atoms with Gasteiger partial charge in [0.15, 0.2) is 6.10 Å². The van der Waals surface area contributed by atoms with Crippen molar-refractivity contribution in [1.82, 2.24) is 10.2 Å². The first-order chi connectivity index (χ1) is 19.0. The standard InChI is InChI=1S/C30H32N2O7S/c1-19(33)37-17-11-16-22-18-40-27-23(31-29(36)39-30(2,3)4)26(34)32(27)24(22)28(35)38-25(20-12-7-5-8-13-20)21-14-9-6-10-15-21/h5-16,23,25,27H,17-18H2,1-4H3,(H,31,36)/b16-11-/t23-,27-/m1/s1. The molecule has 40 heavy (non-hydrogen) atoms. The smallest absolute Gasteiger partial charge is 0.408 e. The second-order valence-corrected chi connectivity index (χ2v) is 11.3. The zero-order chi connectivity index (χ0) is 28.9. The largest absolute Gasteiger partial charge is 0.462 e.